The molecule has 0 spiro atoms. The molecule has 4 aromatic carbocycles. The Morgan fingerprint density at radius 1 is 0.490 bits per heavy atom. The summed E-state index contributed by atoms with van der Waals surface area (Å²) in [6.07, 6.45) is -1.83. The number of benzene rings is 4. The third-order valence-electron chi connectivity index (χ3n) is 6.99. The van der Waals surface area contributed by atoms with E-state index in [2.05, 4.69) is 31.9 Å². The zero-order valence-electron chi connectivity index (χ0n) is 28.9. The molecule has 6 N–H and O–H groups in total. The first-order valence-electron chi connectivity index (χ1n) is 15.9. The molecule has 4 aromatic rings. The van der Waals surface area contributed by atoms with Gasteiger partial charge >= 0.3 is 24.2 Å². The quantitative estimate of drug-likeness (QED) is 0.0943. The van der Waals surface area contributed by atoms with Gasteiger partial charge in [-0.15, -0.1) is 0 Å². The standard InChI is InChI=1S/C36H40N6O8S/c1-21(2)49-35(45)39-27-9-7-23(5)31(19-27)41-33(43)37-25-11-15-29(16-12-25)51(47,48)30-17-13-26(14-18-30)38-34(44)42-32-20-28(10-8-24(32)6)40-36(46)50-22(3)4/h7-22H,1-6H3,(H,39,45)(H,40,46)(H2,37,41,43)(H2,38,42,44). The van der Waals surface area contributed by atoms with Gasteiger partial charge in [0.2, 0.25) is 9.84 Å². The first-order chi connectivity index (χ1) is 24.1. The molecule has 4 rings (SSSR count). The van der Waals surface area contributed by atoms with Gasteiger partial charge in [0, 0.05) is 34.1 Å². The van der Waals surface area contributed by atoms with Crippen molar-refractivity contribution in [2.75, 3.05) is 31.9 Å². The van der Waals surface area contributed by atoms with Crippen molar-refractivity contribution < 1.29 is 37.1 Å². The Kier molecular flexibility index (Phi) is 12.2. The van der Waals surface area contributed by atoms with Crippen molar-refractivity contribution in [3.8, 4) is 0 Å². The molecule has 0 radical (unpaired) electrons. The SMILES string of the molecule is Cc1ccc(NC(=O)OC(C)C)cc1NC(=O)Nc1ccc(S(=O)(=O)c2ccc(NC(=O)Nc3cc(NC(=O)OC(C)C)ccc3C)cc2)cc1. The molecule has 0 bridgehead atoms. The van der Waals surface area contributed by atoms with E-state index < -0.39 is 34.1 Å². The molecule has 0 atom stereocenters. The predicted molar refractivity (Wildman–Crippen MR) is 196 cm³/mol. The van der Waals surface area contributed by atoms with E-state index in [0.29, 0.717) is 34.1 Å². The van der Waals surface area contributed by atoms with E-state index in [-0.39, 0.29) is 22.0 Å². The topological polar surface area (TPSA) is 193 Å². The van der Waals surface area contributed by atoms with Gasteiger partial charge in [-0.3, -0.25) is 10.6 Å². The molecule has 0 aliphatic heterocycles. The van der Waals surface area contributed by atoms with Gasteiger partial charge in [-0.25, -0.2) is 27.6 Å². The molecule has 0 saturated heterocycles. The number of aryl methyl sites for hydroxylation is 2. The van der Waals surface area contributed by atoms with Crippen LogP contribution in [-0.4, -0.2) is 44.9 Å². The summed E-state index contributed by atoms with van der Waals surface area (Å²) in [6, 6.07) is 20.2. The average Bonchev–Trinajstić information content (AvgIpc) is 3.04. The molecule has 0 fully saturated rings. The van der Waals surface area contributed by atoms with Gasteiger partial charge < -0.3 is 30.7 Å². The molecule has 0 heterocycles. The predicted octanol–water partition coefficient (Wildman–Crippen LogP) is 8.34. The number of carbonyl (C=O) groups excluding carboxylic acids is 4. The number of urea groups is 2. The van der Waals surface area contributed by atoms with Crippen LogP contribution in [0.5, 0.6) is 0 Å². The zero-order valence-corrected chi connectivity index (χ0v) is 29.7. The second-order valence-electron chi connectivity index (χ2n) is 11.9. The Morgan fingerprint density at radius 2 is 0.824 bits per heavy atom. The minimum Gasteiger partial charge on any atom is -0.447 e. The van der Waals surface area contributed by atoms with E-state index in [1.807, 2.05) is 0 Å². The summed E-state index contributed by atoms with van der Waals surface area (Å²) >= 11 is 0. The van der Waals surface area contributed by atoms with Gasteiger partial charge in [0.25, 0.3) is 0 Å². The van der Waals surface area contributed by atoms with Crippen LogP contribution in [0, 0.1) is 13.8 Å². The number of sulfone groups is 1. The summed E-state index contributed by atoms with van der Waals surface area (Å²) in [5.41, 5.74) is 3.94. The number of rotatable bonds is 10. The fraction of sp³-hybridized carbons (Fsp3) is 0.222. The van der Waals surface area contributed by atoms with Crippen LogP contribution in [0.4, 0.5) is 53.3 Å². The smallest absolute Gasteiger partial charge is 0.411 e. The van der Waals surface area contributed by atoms with Crippen LogP contribution in [0.3, 0.4) is 0 Å². The highest BCUT2D eigenvalue weighted by molar-refractivity contribution is 7.91. The normalized spacial score (nSPS) is 11.0. The fourth-order valence-corrected chi connectivity index (χ4v) is 5.79. The number of anilines is 6. The van der Waals surface area contributed by atoms with Crippen molar-refractivity contribution in [1.29, 1.82) is 0 Å². The van der Waals surface area contributed by atoms with Crippen LogP contribution in [0.15, 0.2) is 94.7 Å². The van der Waals surface area contributed by atoms with Gasteiger partial charge in [0.15, 0.2) is 0 Å². The van der Waals surface area contributed by atoms with Crippen LogP contribution in [0.1, 0.15) is 38.8 Å². The molecule has 0 aliphatic carbocycles. The van der Waals surface area contributed by atoms with Crippen LogP contribution < -0.4 is 31.9 Å². The van der Waals surface area contributed by atoms with Crippen molar-refractivity contribution >= 4 is 68.2 Å². The lowest BCUT2D eigenvalue weighted by Crippen LogP contribution is -2.21. The van der Waals surface area contributed by atoms with Gasteiger partial charge in [-0.1, -0.05) is 12.1 Å². The molecular weight excluding hydrogens is 676 g/mol. The van der Waals surface area contributed by atoms with E-state index >= 15 is 0 Å². The Morgan fingerprint density at radius 3 is 1.16 bits per heavy atom. The molecular formula is C36H40N6O8S. The van der Waals surface area contributed by atoms with Gasteiger partial charge in [0.05, 0.1) is 22.0 Å². The number of hydrogen-bond acceptors (Lipinski definition) is 8. The maximum Gasteiger partial charge on any atom is 0.411 e. The number of nitrogens with one attached hydrogen (secondary N) is 6. The highest BCUT2D eigenvalue weighted by Gasteiger charge is 2.19. The Bertz CT molecular complexity index is 1880. The first kappa shape index (κ1) is 37.7. The van der Waals surface area contributed by atoms with E-state index in [1.165, 1.54) is 48.5 Å². The van der Waals surface area contributed by atoms with Crippen molar-refractivity contribution in [2.45, 2.75) is 63.5 Å². The molecule has 51 heavy (non-hydrogen) atoms. The maximum atomic E-state index is 13.3. The second kappa shape index (κ2) is 16.5. The highest BCUT2D eigenvalue weighted by atomic mass is 32.2. The van der Waals surface area contributed by atoms with E-state index in [0.717, 1.165) is 11.1 Å². The van der Waals surface area contributed by atoms with Crippen LogP contribution in [0.25, 0.3) is 0 Å². The summed E-state index contributed by atoms with van der Waals surface area (Å²) in [7, 11) is -3.93. The zero-order chi connectivity index (χ0) is 37.3. The Labute approximate surface area is 296 Å². The number of hydrogen-bond donors (Lipinski definition) is 6. The summed E-state index contributed by atoms with van der Waals surface area (Å²) in [5, 5.41) is 16.0. The lowest BCUT2D eigenvalue weighted by atomic mass is 10.2. The lowest BCUT2D eigenvalue weighted by molar-refractivity contribution is 0.129. The van der Waals surface area contributed by atoms with Crippen LogP contribution in [-0.2, 0) is 19.3 Å². The molecule has 268 valence electrons. The molecule has 0 aliphatic rings. The third kappa shape index (κ3) is 11.0. The molecule has 15 heteroatoms. The number of carbonyl (C=O) groups is 4. The minimum atomic E-state index is -3.93. The minimum absolute atomic E-state index is 0.00365. The molecule has 0 unspecified atom stereocenters. The molecule has 6 amide bonds. The van der Waals surface area contributed by atoms with E-state index in [1.54, 1.807) is 77.9 Å². The van der Waals surface area contributed by atoms with E-state index in [9.17, 15) is 27.6 Å². The third-order valence-corrected chi connectivity index (χ3v) is 8.78. The Balaban J connectivity index is 1.34. The fourth-order valence-electron chi connectivity index (χ4n) is 4.53. The van der Waals surface area contributed by atoms with Gasteiger partial charge in [-0.2, -0.15) is 0 Å². The van der Waals surface area contributed by atoms with Crippen molar-refractivity contribution in [3.63, 3.8) is 0 Å². The van der Waals surface area contributed by atoms with Crippen molar-refractivity contribution in [3.05, 3.63) is 96.1 Å². The lowest BCUT2D eigenvalue weighted by Gasteiger charge is -2.14. The van der Waals surface area contributed by atoms with E-state index in [4.69, 9.17) is 9.47 Å². The van der Waals surface area contributed by atoms with Crippen molar-refractivity contribution in [1.82, 2.24) is 0 Å². The monoisotopic (exact) mass is 716 g/mol. The maximum absolute atomic E-state index is 13.3. The average molecular weight is 717 g/mol. The highest BCUT2D eigenvalue weighted by Crippen LogP contribution is 2.26. The van der Waals surface area contributed by atoms with Gasteiger partial charge in [0.1, 0.15) is 0 Å². The van der Waals surface area contributed by atoms with Gasteiger partial charge in [-0.05, 0) is 125 Å². The van der Waals surface area contributed by atoms with Crippen LogP contribution in [0.2, 0.25) is 0 Å². The molecule has 0 saturated carbocycles. The first-order valence-corrected chi connectivity index (χ1v) is 17.3. The largest absolute Gasteiger partial charge is 0.447 e. The summed E-state index contributed by atoms with van der Waals surface area (Å²) in [5.74, 6) is 0. The van der Waals surface area contributed by atoms with Crippen LogP contribution >= 0.6 is 0 Å². The number of ether oxygens (including phenoxy) is 2. The summed E-state index contributed by atoms with van der Waals surface area (Å²) < 4.78 is 36.8. The van der Waals surface area contributed by atoms with Crippen molar-refractivity contribution in [2.24, 2.45) is 0 Å². The Hall–Kier alpha value is -6.09. The summed E-state index contributed by atoms with van der Waals surface area (Å²) in [4.78, 5) is 49.3. The molecule has 14 nitrogen and oxygen atoms in total. The number of amides is 6. The summed E-state index contributed by atoms with van der Waals surface area (Å²) in [6.45, 7) is 10.5. The molecule has 0 aromatic heterocycles. The second-order valence-corrected chi connectivity index (χ2v) is 13.9.